The van der Waals surface area contributed by atoms with Crippen molar-refractivity contribution in [1.82, 2.24) is 30.0 Å². The second-order valence-corrected chi connectivity index (χ2v) is 8.12. The number of anilines is 2. The number of aliphatic hydroxyl groups is 1. The van der Waals surface area contributed by atoms with Crippen LogP contribution in [0.5, 0.6) is 11.5 Å². The number of pyridine rings is 1. The standard InChI is InChI=1S/C24H29N7O3/c1-15(2)31-24-22(21(5-6-28-24)29-17-10-26-14-27-11-17)23(30-31)16-7-19(33-4)9-20(8-16)34-13-18(32)12-25-3/h5-11,14-15,18,25,32H,12-13H2,1-4H3,(H,28,29). The van der Waals surface area contributed by atoms with Crippen LogP contribution in [0.15, 0.2) is 49.2 Å². The highest BCUT2D eigenvalue weighted by Crippen LogP contribution is 2.38. The van der Waals surface area contributed by atoms with Crippen molar-refractivity contribution in [3.05, 3.63) is 49.2 Å². The minimum absolute atomic E-state index is 0.0945. The fourth-order valence-corrected chi connectivity index (χ4v) is 3.65. The van der Waals surface area contributed by atoms with Crippen LogP contribution in [-0.4, -0.2) is 63.3 Å². The van der Waals surface area contributed by atoms with E-state index in [4.69, 9.17) is 14.6 Å². The van der Waals surface area contributed by atoms with Crippen molar-refractivity contribution in [2.24, 2.45) is 0 Å². The third-order valence-electron chi connectivity index (χ3n) is 5.19. The summed E-state index contributed by atoms with van der Waals surface area (Å²) in [6.07, 6.45) is 6.02. The highest BCUT2D eigenvalue weighted by molar-refractivity contribution is 6.01. The van der Waals surface area contributed by atoms with Crippen LogP contribution < -0.4 is 20.1 Å². The van der Waals surface area contributed by atoms with Crippen molar-refractivity contribution in [2.45, 2.75) is 26.0 Å². The molecule has 0 aliphatic heterocycles. The summed E-state index contributed by atoms with van der Waals surface area (Å²) in [5.41, 5.74) is 3.88. The minimum atomic E-state index is -0.631. The quantitative estimate of drug-likeness (QED) is 0.326. The highest BCUT2D eigenvalue weighted by atomic mass is 16.5. The normalized spacial score (nSPS) is 12.2. The van der Waals surface area contributed by atoms with Crippen LogP contribution in [0, 0.1) is 0 Å². The molecule has 1 aromatic carbocycles. The van der Waals surface area contributed by atoms with Gasteiger partial charge < -0.3 is 25.2 Å². The number of nitrogens with zero attached hydrogens (tertiary/aromatic N) is 5. The molecule has 178 valence electrons. The van der Waals surface area contributed by atoms with Gasteiger partial charge in [0, 0.05) is 30.4 Å². The molecule has 0 fully saturated rings. The topological polar surface area (TPSA) is 119 Å². The van der Waals surface area contributed by atoms with Gasteiger partial charge in [0.15, 0.2) is 5.65 Å². The molecule has 10 heteroatoms. The summed E-state index contributed by atoms with van der Waals surface area (Å²) in [5.74, 6) is 1.20. The number of fused-ring (bicyclic) bond motifs is 1. The van der Waals surface area contributed by atoms with E-state index in [1.54, 1.807) is 38.8 Å². The molecule has 4 aromatic rings. The zero-order chi connectivity index (χ0) is 24.1. The van der Waals surface area contributed by atoms with E-state index in [-0.39, 0.29) is 12.6 Å². The summed E-state index contributed by atoms with van der Waals surface area (Å²) in [6, 6.07) is 7.58. The van der Waals surface area contributed by atoms with Crippen molar-refractivity contribution in [2.75, 3.05) is 32.6 Å². The van der Waals surface area contributed by atoms with E-state index in [0.29, 0.717) is 18.0 Å². The Balaban J connectivity index is 1.82. The summed E-state index contributed by atoms with van der Waals surface area (Å²) in [4.78, 5) is 12.8. The summed E-state index contributed by atoms with van der Waals surface area (Å²) >= 11 is 0. The molecule has 0 amide bonds. The van der Waals surface area contributed by atoms with Gasteiger partial charge in [-0.15, -0.1) is 0 Å². The largest absolute Gasteiger partial charge is 0.497 e. The molecule has 1 unspecified atom stereocenters. The number of nitrogens with one attached hydrogen (secondary N) is 2. The lowest BCUT2D eigenvalue weighted by molar-refractivity contribution is 0.108. The summed E-state index contributed by atoms with van der Waals surface area (Å²) in [7, 11) is 3.39. The number of likely N-dealkylation sites (N-methyl/N-ethyl adjacent to an activating group) is 1. The zero-order valence-corrected chi connectivity index (χ0v) is 19.7. The maximum Gasteiger partial charge on any atom is 0.160 e. The molecule has 1 atom stereocenters. The van der Waals surface area contributed by atoms with Crippen molar-refractivity contribution in [1.29, 1.82) is 0 Å². The number of methoxy groups -OCH3 is 1. The molecule has 10 nitrogen and oxygen atoms in total. The lowest BCUT2D eigenvalue weighted by Crippen LogP contribution is -2.29. The molecule has 3 aromatic heterocycles. The molecule has 3 N–H and O–H groups in total. The molecular weight excluding hydrogens is 434 g/mol. The predicted octanol–water partition coefficient (Wildman–Crippen LogP) is 3.18. The van der Waals surface area contributed by atoms with E-state index in [9.17, 15) is 5.11 Å². The highest BCUT2D eigenvalue weighted by Gasteiger charge is 2.20. The Morgan fingerprint density at radius 3 is 2.59 bits per heavy atom. The maximum absolute atomic E-state index is 10.0. The Morgan fingerprint density at radius 2 is 1.88 bits per heavy atom. The van der Waals surface area contributed by atoms with Crippen LogP contribution in [0.4, 0.5) is 11.4 Å². The van der Waals surface area contributed by atoms with Crippen molar-refractivity contribution in [3.63, 3.8) is 0 Å². The van der Waals surface area contributed by atoms with Gasteiger partial charge in [0.1, 0.15) is 36.2 Å². The molecule has 34 heavy (non-hydrogen) atoms. The Labute approximate surface area is 198 Å². The van der Waals surface area contributed by atoms with E-state index >= 15 is 0 Å². The Bertz CT molecular complexity index is 1240. The first-order valence-corrected chi connectivity index (χ1v) is 11.0. The third-order valence-corrected chi connectivity index (χ3v) is 5.19. The number of rotatable bonds is 10. The second-order valence-electron chi connectivity index (χ2n) is 8.12. The molecule has 0 radical (unpaired) electrons. The monoisotopic (exact) mass is 463 g/mol. The third kappa shape index (κ3) is 5.08. The number of ether oxygens (including phenoxy) is 2. The van der Waals surface area contributed by atoms with E-state index in [2.05, 4.69) is 39.4 Å². The average molecular weight is 464 g/mol. The maximum atomic E-state index is 10.0. The number of aliphatic hydroxyl groups excluding tert-OH is 1. The first kappa shape index (κ1) is 23.4. The minimum Gasteiger partial charge on any atom is -0.497 e. The first-order valence-electron chi connectivity index (χ1n) is 11.0. The number of hydrogen-bond donors (Lipinski definition) is 3. The summed E-state index contributed by atoms with van der Waals surface area (Å²) in [5, 5.41) is 22.1. The number of aromatic nitrogens is 5. The van der Waals surface area contributed by atoms with Crippen LogP contribution in [0.2, 0.25) is 0 Å². The lowest BCUT2D eigenvalue weighted by Gasteiger charge is -2.14. The smallest absolute Gasteiger partial charge is 0.160 e. The van der Waals surface area contributed by atoms with Crippen LogP contribution in [0.1, 0.15) is 19.9 Å². The zero-order valence-electron chi connectivity index (χ0n) is 19.7. The molecule has 4 rings (SSSR count). The molecule has 0 saturated carbocycles. The van der Waals surface area contributed by atoms with Gasteiger partial charge in [0.05, 0.1) is 36.3 Å². The van der Waals surface area contributed by atoms with Gasteiger partial charge in [-0.25, -0.2) is 19.6 Å². The van der Waals surface area contributed by atoms with Crippen molar-refractivity contribution < 1.29 is 14.6 Å². The van der Waals surface area contributed by atoms with Crippen LogP contribution >= 0.6 is 0 Å². The SMILES string of the molecule is CNCC(O)COc1cc(OC)cc(-c2nn(C(C)C)c3nccc(Nc4cncnc4)c23)c1. The van der Waals surface area contributed by atoms with Gasteiger partial charge in [-0.1, -0.05) is 0 Å². The Kier molecular flexibility index (Phi) is 7.19. The molecule has 0 aliphatic carbocycles. The van der Waals surface area contributed by atoms with E-state index in [1.165, 1.54) is 6.33 Å². The van der Waals surface area contributed by atoms with E-state index < -0.39 is 6.10 Å². The van der Waals surface area contributed by atoms with Gasteiger partial charge in [0.2, 0.25) is 0 Å². The van der Waals surface area contributed by atoms with Crippen LogP contribution in [0.3, 0.4) is 0 Å². The second kappa shape index (κ2) is 10.4. The molecule has 0 saturated heterocycles. The van der Waals surface area contributed by atoms with E-state index in [1.807, 2.05) is 22.9 Å². The molecular formula is C24H29N7O3. The van der Waals surface area contributed by atoms with Crippen LogP contribution in [0.25, 0.3) is 22.3 Å². The van der Waals surface area contributed by atoms with Gasteiger partial charge in [-0.3, -0.25) is 0 Å². The Hall–Kier alpha value is -3.76. The predicted molar refractivity (Wildman–Crippen MR) is 131 cm³/mol. The first-order chi connectivity index (χ1) is 16.5. The fourth-order valence-electron chi connectivity index (χ4n) is 3.65. The summed E-state index contributed by atoms with van der Waals surface area (Å²) in [6.45, 7) is 4.71. The van der Waals surface area contributed by atoms with E-state index in [0.717, 1.165) is 33.7 Å². The molecule has 0 spiro atoms. The van der Waals surface area contributed by atoms with Gasteiger partial charge in [-0.2, -0.15) is 5.10 Å². The fraction of sp³-hybridized carbons (Fsp3) is 0.333. The van der Waals surface area contributed by atoms with Gasteiger partial charge in [-0.05, 0) is 39.1 Å². The molecule has 0 aliphatic rings. The van der Waals surface area contributed by atoms with Gasteiger partial charge >= 0.3 is 0 Å². The van der Waals surface area contributed by atoms with Gasteiger partial charge in [0.25, 0.3) is 0 Å². The molecule has 3 heterocycles. The number of benzene rings is 1. The number of hydrogen-bond acceptors (Lipinski definition) is 9. The average Bonchev–Trinajstić information content (AvgIpc) is 3.25. The van der Waals surface area contributed by atoms with Crippen molar-refractivity contribution >= 4 is 22.4 Å². The lowest BCUT2D eigenvalue weighted by atomic mass is 10.1. The summed E-state index contributed by atoms with van der Waals surface area (Å²) < 4.78 is 13.3. The molecule has 0 bridgehead atoms. The Morgan fingerprint density at radius 1 is 1.12 bits per heavy atom. The van der Waals surface area contributed by atoms with Crippen molar-refractivity contribution in [3.8, 4) is 22.8 Å². The van der Waals surface area contributed by atoms with Crippen LogP contribution in [-0.2, 0) is 0 Å².